The Balaban J connectivity index is 1.54. The quantitative estimate of drug-likeness (QED) is 0.666. The summed E-state index contributed by atoms with van der Waals surface area (Å²) < 4.78 is 0. The highest BCUT2D eigenvalue weighted by Crippen LogP contribution is 2.30. The summed E-state index contributed by atoms with van der Waals surface area (Å²) in [5.74, 6) is -0.156. The lowest BCUT2D eigenvalue weighted by atomic mass is 9.91. The Hall–Kier alpha value is -3.46. The van der Waals surface area contributed by atoms with Crippen molar-refractivity contribution in [2.75, 3.05) is 62.6 Å². The highest BCUT2D eigenvalue weighted by atomic mass is 16.2. The lowest BCUT2D eigenvalue weighted by molar-refractivity contribution is -0.133. The number of carbonyl (C=O) groups excluding carboxylic acids is 3. The van der Waals surface area contributed by atoms with Crippen LogP contribution in [0.5, 0.6) is 0 Å². The molecule has 2 aliphatic rings. The molecule has 36 heavy (non-hydrogen) atoms. The smallest absolute Gasteiger partial charge is 0.257 e. The van der Waals surface area contributed by atoms with Crippen LogP contribution in [0.1, 0.15) is 47.9 Å². The number of amides is 3. The molecule has 2 N–H and O–H groups in total. The number of aromatic nitrogens is 1. The fraction of sp³-hybridized carbons (Fsp3) is 0.481. The number of benzene rings is 1. The average molecular weight is 493 g/mol. The molecule has 2 fully saturated rings. The van der Waals surface area contributed by atoms with Crippen molar-refractivity contribution in [2.45, 2.75) is 27.2 Å². The first-order chi connectivity index (χ1) is 17.2. The topological polar surface area (TPSA) is 97.9 Å². The van der Waals surface area contributed by atoms with E-state index < -0.39 is 0 Å². The summed E-state index contributed by atoms with van der Waals surface area (Å²) in [4.78, 5) is 48.8. The van der Waals surface area contributed by atoms with Gasteiger partial charge in [-0.3, -0.25) is 19.4 Å². The molecule has 0 bridgehead atoms. The number of hydrogen-bond acceptors (Lipinski definition) is 6. The van der Waals surface area contributed by atoms with E-state index in [2.05, 4.69) is 41.3 Å². The first-order valence-electron chi connectivity index (χ1n) is 12.6. The van der Waals surface area contributed by atoms with Gasteiger partial charge in [-0.15, -0.1) is 0 Å². The van der Waals surface area contributed by atoms with Gasteiger partial charge in [0.05, 0.1) is 16.9 Å². The maximum atomic E-state index is 13.1. The average Bonchev–Trinajstić information content (AvgIpc) is 2.88. The van der Waals surface area contributed by atoms with Crippen molar-refractivity contribution in [3.05, 3.63) is 53.9 Å². The molecule has 0 saturated carbocycles. The van der Waals surface area contributed by atoms with E-state index in [9.17, 15) is 14.4 Å². The van der Waals surface area contributed by atoms with Gasteiger partial charge in [-0.2, -0.15) is 0 Å². The second-order valence-corrected chi connectivity index (χ2v) is 10.6. The molecule has 3 heterocycles. The molecule has 0 unspecified atom stereocenters. The standard InChI is InChI=1S/C27H36N6O3/c1-27(2,3)18-24(34)32-15-13-31(14-16-32)23-7-6-20(26(36)33-11-9-28-10-12-33)17-22(23)30-25(35)21-5-4-8-29-19-21/h4-8,17,19,28H,9-16,18H2,1-3H3,(H,30,35). The van der Waals surface area contributed by atoms with Gasteiger partial charge < -0.3 is 25.3 Å². The van der Waals surface area contributed by atoms with E-state index in [0.29, 0.717) is 62.5 Å². The molecular formula is C27H36N6O3. The number of anilines is 2. The van der Waals surface area contributed by atoms with E-state index in [1.54, 1.807) is 24.4 Å². The summed E-state index contributed by atoms with van der Waals surface area (Å²) in [5.41, 5.74) is 2.36. The van der Waals surface area contributed by atoms with Crippen LogP contribution >= 0.6 is 0 Å². The van der Waals surface area contributed by atoms with E-state index in [0.717, 1.165) is 18.8 Å². The van der Waals surface area contributed by atoms with Crippen molar-refractivity contribution in [3.8, 4) is 0 Å². The maximum Gasteiger partial charge on any atom is 0.257 e. The molecule has 4 rings (SSSR count). The van der Waals surface area contributed by atoms with Gasteiger partial charge in [-0.25, -0.2) is 0 Å². The Morgan fingerprint density at radius 3 is 2.31 bits per heavy atom. The molecule has 0 radical (unpaired) electrons. The van der Waals surface area contributed by atoms with Gasteiger partial charge in [-0.05, 0) is 35.7 Å². The van der Waals surface area contributed by atoms with Crippen LogP contribution in [0.25, 0.3) is 0 Å². The van der Waals surface area contributed by atoms with Crippen molar-refractivity contribution < 1.29 is 14.4 Å². The molecule has 2 aliphatic heterocycles. The number of carbonyl (C=O) groups is 3. The minimum absolute atomic E-state index is 0.0440. The molecule has 1 aromatic carbocycles. The Bertz CT molecular complexity index is 1080. The summed E-state index contributed by atoms with van der Waals surface area (Å²) in [6.07, 6.45) is 3.65. The van der Waals surface area contributed by atoms with Crippen molar-refractivity contribution in [2.24, 2.45) is 5.41 Å². The zero-order valence-electron chi connectivity index (χ0n) is 21.4. The normalized spacial score (nSPS) is 16.6. The summed E-state index contributed by atoms with van der Waals surface area (Å²) in [5, 5.41) is 6.26. The highest BCUT2D eigenvalue weighted by molar-refractivity contribution is 6.07. The third-order valence-corrected chi connectivity index (χ3v) is 6.47. The predicted octanol–water partition coefficient (Wildman–Crippen LogP) is 2.46. The Kier molecular flexibility index (Phi) is 7.88. The Morgan fingerprint density at radius 1 is 0.944 bits per heavy atom. The summed E-state index contributed by atoms with van der Waals surface area (Å²) in [6.45, 7) is 11.6. The summed E-state index contributed by atoms with van der Waals surface area (Å²) in [7, 11) is 0. The van der Waals surface area contributed by atoms with Crippen molar-refractivity contribution in [1.29, 1.82) is 0 Å². The molecule has 192 valence electrons. The van der Waals surface area contributed by atoms with Crippen LogP contribution in [-0.4, -0.2) is 84.9 Å². The molecule has 2 saturated heterocycles. The first kappa shape index (κ1) is 25.6. The van der Waals surface area contributed by atoms with E-state index in [4.69, 9.17) is 0 Å². The van der Waals surface area contributed by atoms with Crippen LogP contribution in [0.3, 0.4) is 0 Å². The monoisotopic (exact) mass is 492 g/mol. The predicted molar refractivity (Wildman–Crippen MR) is 140 cm³/mol. The lowest BCUT2D eigenvalue weighted by Crippen LogP contribution is -2.49. The van der Waals surface area contributed by atoms with Crippen LogP contribution in [0.2, 0.25) is 0 Å². The maximum absolute atomic E-state index is 13.1. The van der Waals surface area contributed by atoms with Crippen molar-refractivity contribution in [3.63, 3.8) is 0 Å². The summed E-state index contributed by atoms with van der Waals surface area (Å²) in [6, 6.07) is 8.92. The van der Waals surface area contributed by atoms with Gasteiger partial charge >= 0.3 is 0 Å². The van der Waals surface area contributed by atoms with Gasteiger partial charge in [-0.1, -0.05) is 20.8 Å². The van der Waals surface area contributed by atoms with Gasteiger partial charge in [0.15, 0.2) is 0 Å². The van der Waals surface area contributed by atoms with E-state index in [-0.39, 0.29) is 23.1 Å². The van der Waals surface area contributed by atoms with Crippen molar-refractivity contribution >= 4 is 29.1 Å². The molecule has 0 spiro atoms. The minimum Gasteiger partial charge on any atom is -0.366 e. The van der Waals surface area contributed by atoms with Gasteiger partial charge in [0.1, 0.15) is 0 Å². The zero-order valence-corrected chi connectivity index (χ0v) is 21.4. The number of piperazine rings is 2. The minimum atomic E-state index is -0.282. The number of nitrogens with one attached hydrogen (secondary N) is 2. The van der Waals surface area contributed by atoms with E-state index in [1.165, 1.54) is 6.20 Å². The second-order valence-electron chi connectivity index (χ2n) is 10.6. The van der Waals surface area contributed by atoms with Crippen LogP contribution in [0, 0.1) is 5.41 Å². The fourth-order valence-electron chi connectivity index (χ4n) is 4.55. The van der Waals surface area contributed by atoms with E-state index >= 15 is 0 Å². The largest absolute Gasteiger partial charge is 0.366 e. The van der Waals surface area contributed by atoms with Gasteiger partial charge in [0.25, 0.3) is 11.8 Å². The third kappa shape index (κ3) is 6.40. The number of nitrogens with zero attached hydrogens (tertiary/aromatic N) is 4. The zero-order chi connectivity index (χ0) is 25.7. The van der Waals surface area contributed by atoms with Gasteiger partial charge in [0, 0.05) is 76.7 Å². The SMILES string of the molecule is CC(C)(C)CC(=O)N1CCN(c2ccc(C(=O)N3CCNCC3)cc2NC(=O)c2cccnc2)CC1. The third-order valence-electron chi connectivity index (χ3n) is 6.47. The fourth-order valence-corrected chi connectivity index (χ4v) is 4.55. The Morgan fingerprint density at radius 2 is 1.67 bits per heavy atom. The summed E-state index contributed by atoms with van der Waals surface area (Å²) >= 11 is 0. The number of hydrogen-bond donors (Lipinski definition) is 2. The van der Waals surface area contributed by atoms with E-state index in [1.807, 2.05) is 21.9 Å². The van der Waals surface area contributed by atoms with Crippen LogP contribution < -0.4 is 15.5 Å². The van der Waals surface area contributed by atoms with Crippen molar-refractivity contribution in [1.82, 2.24) is 20.1 Å². The molecule has 1 aromatic heterocycles. The first-order valence-corrected chi connectivity index (χ1v) is 12.6. The molecule has 9 nitrogen and oxygen atoms in total. The molecule has 3 amide bonds. The van der Waals surface area contributed by atoms with Crippen LogP contribution in [0.4, 0.5) is 11.4 Å². The Labute approximate surface area is 212 Å². The number of pyridine rings is 1. The van der Waals surface area contributed by atoms with Crippen LogP contribution in [-0.2, 0) is 4.79 Å². The lowest BCUT2D eigenvalue weighted by Gasteiger charge is -2.38. The molecule has 0 aliphatic carbocycles. The number of rotatable bonds is 5. The molecular weight excluding hydrogens is 456 g/mol. The van der Waals surface area contributed by atoms with Crippen LogP contribution in [0.15, 0.2) is 42.7 Å². The molecule has 2 aromatic rings. The second kappa shape index (κ2) is 11.1. The highest BCUT2D eigenvalue weighted by Gasteiger charge is 2.27. The van der Waals surface area contributed by atoms with Gasteiger partial charge in [0.2, 0.25) is 5.91 Å². The molecule has 9 heteroatoms. The molecule has 0 atom stereocenters.